The highest BCUT2D eigenvalue weighted by Gasteiger charge is 2.28. The van der Waals surface area contributed by atoms with Crippen LogP contribution in [0.1, 0.15) is 40.5 Å². The highest BCUT2D eigenvalue weighted by molar-refractivity contribution is 6.30. The van der Waals surface area contributed by atoms with Crippen LogP contribution in [0.3, 0.4) is 0 Å². The molecule has 23 heteroatoms. The van der Waals surface area contributed by atoms with E-state index < -0.39 is 17.8 Å². The van der Waals surface area contributed by atoms with Gasteiger partial charge in [-0.2, -0.15) is 9.59 Å². The topological polar surface area (TPSA) is 253 Å². The molecule has 2 aliphatic heterocycles. The standard InChI is InChI=1S/C17H16ClN7O4.C17H15ClN6O4/c1-23-14(27)8-29-16-15(23)17(28)24(9-19-16)7-13-20-22-25(21-13)6-12(26)10-2-4-11(18)5-3-10;18-11-3-1-10(2-4-11)14(26)6-24-21-15(20-22-24)7-23-9-19-16-13(17(23)27)5-12(25)8-28-16/h2-5,9,12,26H,6-8H2,1H3;1-4,9,14,26H,5-8H2/t12-;14-/m00/s1. The lowest BCUT2D eigenvalue weighted by Crippen LogP contribution is -2.41. The molecule has 6 aromatic rings. The summed E-state index contributed by atoms with van der Waals surface area (Å²) < 4.78 is 12.9. The van der Waals surface area contributed by atoms with Crippen LogP contribution < -0.4 is 25.5 Å². The van der Waals surface area contributed by atoms with Gasteiger partial charge in [0.15, 0.2) is 29.7 Å². The lowest BCUT2D eigenvalue weighted by atomic mass is 10.1. The number of Topliss-reactive ketones (excluding diaryl/α,β-unsaturated/α-hetero) is 1. The van der Waals surface area contributed by atoms with Gasteiger partial charge in [0, 0.05) is 23.5 Å². The van der Waals surface area contributed by atoms with Gasteiger partial charge in [-0.05, 0) is 45.8 Å². The molecule has 2 atom stereocenters. The van der Waals surface area contributed by atoms with Gasteiger partial charge in [-0.25, -0.2) is 9.97 Å². The number of ether oxygens (including phenoxy) is 2. The molecule has 6 heterocycles. The fourth-order valence-electron chi connectivity index (χ4n) is 5.65. The number of carbonyl (C=O) groups excluding carboxylic acids is 2. The molecule has 0 saturated heterocycles. The van der Waals surface area contributed by atoms with Crippen LogP contribution in [-0.4, -0.2) is 102 Å². The van der Waals surface area contributed by atoms with Crippen molar-refractivity contribution in [1.82, 2.24) is 59.5 Å². The van der Waals surface area contributed by atoms with Crippen molar-refractivity contribution < 1.29 is 29.3 Å². The molecule has 0 radical (unpaired) electrons. The average molecular weight is 821 g/mol. The molecule has 2 aliphatic rings. The number of nitrogens with zero attached hydrogens (tertiary/aromatic N) is 13. The van der Waals surface area contributed by atoms with E-state index in [0.29, 0.717) is 21.2 Å². The van der Waals surface area contributed by atoms with Crippen LogP contribution in [0.15, 0.2) is 70.8 Å². The zero-order valence-corrected chi connectivity index (χ0v) is 31.3. The number of amides is 1. The summed E-state index contributed by atoms with van der Waals surface area (Å²) in [4.78, 5) is 60.4. The van der Waals surface area contributed by atoms with Crippen LogP contribution in [-0.2, 0) is 42.2 Å². The van der Waals surface area contributed by atoms with Crippen LogP contribution in [0.4, 0.5) is 5.69 Å². The van der Waals surface area contributed by atoms with Crippen molar-refractivity contribution in [2.75, 3.05) is 25.2 Å². The number of carbonyl (C=O) groups is 2. The van der Waals surface area contributed by atoms with E-state index in [9.17, 15) is 29.4 Å². The molecule has 0 fully saturated rings. The minimum atomic E-state index is -0.848. The summed E-state index contributed by atoms with van der Waals surface area (Å²) in [5.74, 6) is 0.302. The number of ketones is 1. The van der Waals surface area contributed by atoms with Crippen molar-refractivity contribution in [3.63, 3.8) is 0 Å². The molecule has 294 valence electrons. The number of hydrogen-bond donors (Lipinski definition) is 2. The van der Waals surface area contributed by atoms with Crippen LogP contribution in [0, 0.1) is 0 Å². The Morgan fingerprint density at radius 3 is 1.74 bits per heavy atom. The van der Waals surface area contributed by atoms with Gasteiger partial charge in [-0.1, -0.05) is 47.5 Å². The predicted octanol–water partition coefficient (Wildman–Crippen LogP) is 0.189. The first-order valence-corrected chi connectivity index (χ1v) is 17.8. The number of benzene rings is 2. The average Bonchev–Trinajstić information content (AvgIpc) is 3.84. The third-order valence-electron chi connectivity index (χ3n) is 8.65. The van der Waals surface area contributed by atoms with Crippen molar-refractivity contribution in [1.29, 1.82) is 0 Å². The molecule has 8 rings (SSSR count). The molecule has 0 saturated carbocycles. The molecule has 0 aliphatic carbocycles. The molecular weight excluding hydrogens is 789 g/mol. The summed E-state index contributed by atoms with van der Waals surface area (Å²) in [5.41, 5.74) is 0.788. The maximum atomic E-state index is 12.7. The van der Waals surface area contributed by atoms with Gasteiger partial charge in [0.05, 0.1) is 31.7 Å². The minimum absolute atomic E-state index is 0.00180. The summed E-state index contributed by atoms with van der Waals surface area (Å²) in [6.07, 6.45) is 0.929. The van der Waals surface area contributed by atoms with E-state index >= 15 is 0 Å². The van der Waals surface area contributed by atoms with Crippen molar-refractivity contribution in [3.8, 4) is 11.8 Å². The molecule has 21 nitrogen and oxygen atoms in total. The molecular formula is C34H31Cl2N13O8. The Bertz CT molecular complexity index is 2540. The van der Waals surface area contributed by atoms with E-state index in [1.165, 1.54) is 43.3 Å². The van der Waals surface area contributed by atoms with Crippen molar-refractivity contribution in [2.24, 2.45) is 0 Å². The van der Waals surface area contributed by atoms with Gasteiger partial charge < -0.3 is 24.6 Å². The smallest absolute Gasteiger partial charge is 0.281 e. The van der Waals surface area contributed by atoms with E-state index in [1.807, 2.05) is 0 Å². The first-order chi connectivity index (χ1) is 27.4. The molecule has 0 unspecified atom stereocenters. The van der Waals surface area contributed by atoms with Crippen molar-refractivity contribution >= 4 is 40.6 Å². The summed E-state index contributed by atoms with van der Waals surface area (Å²) in [5, 5.41) is 45.7. The zero-order chi connectivity index (χ0) is 40.2. The highest BCUT2D eigenvalue weighted by atomic mass is 35.5. The maximum absolute atomic E-state index is 12.7. The quantitative estimate of drug-likeness (QED) is 0.187. The summed E-state index contributed by atoms with van der Waals surface area (Å²) in [6, 6.07) is 13.6. The van der Waals surface area contributed by atoms with Crippen LogP contribution in [0.25, 0.3) is 0 Å². The Morgan fingerprint density at radius 1 is 0.702 bits per heavy atom. The van der Waals surface area contributed by atoms with Crippen molar-refractivity contribution in [3.05, 3.63) is 120 Å². The molecule has 0 spiro atoms. The molecule has 1 amide bonds. The summed E-state index contributed by atoms with van der Waals surface area (Å²) in [7, 11) is 1.49. The van der Waals surface area contributed by atoms with E-state index in [2.05, 4.69) is 40.8 Å². The van der Waals surface area contributed by atoms with Crippen molar-refractivity contribution in [2.45, 2.75) is 44.8 Å². The maximum Gasteiger partial charge on any atom is 0.281 e. The Labute approximate surface area is 330 Å². The lowest BCUT2D eigenvalue weighted by molar-refractivity contribution is -0.122. The third-order valence-corrected chi connectivity index (χ3v) is 9.16. The molecule has 0 bridgehead atoms. The SMILES string of the molecule is CN1C(=O)COc2ncn(Cc3nnn(C[C@H](O)c4ccc(Cl)cc4)n3)c(=O)c21.O=C1COc2ncn(Cc3nnn(C[C@H](O)c4ccc(Cl)cc4)n3)c(=O)c2C1. The fourth-order valence-corrected chi connectivity index (χ4v) is 5.90. The summed E-state index contributed by atoms with van der Waals surface area (Å²) in [6.45, 7) is -0.0328. The highest BCUT2D eigenvalue weighted by Crippen LogP contribution is 2.24. The Kier molecular flexibility index (Phi) is 11.4. The van der Waals surface area contributed by atoms with Crippen LogP contribution >= 0.6 is 23.2 Å². The number of hydrogen-bond acceptors (Lipinski definition) is 16. The number of halogens is 2. The van der Waals surface area contributed by atoms with E-state index in [-0.39, 0.29) is 97.7 Å². The molecule has 2 aromatic carbocycles. The number of aliphatic hydroxyl groups is 2. The van der Waals surface area contributed by atoms with Crippen LogP contribution in [0.2, 0.25) is 10.0 Å². The second-order valence-corrected chi connectivity index (χ2v) is 13.6. The first-order valence-electron chi connectivity index (χ1n) is 17.0. The number of likely N-dealkylation sites (N-methyl/N-ethyl adjacent to an activating group) is 1. The Hall–Kier alpha value is -6.42. The molecule has 2 N–H and O–H groups in total. The van der Waals surface area contributed by atoms with Gasteiger partial charge in [0.25, 0.3) is 17.0 Å². The van der Waals surface area contributed by atoms with Gasteiger partial charge in [0.2, 0.25) is 11.8 Å². The second kappa shape index (κ2) is 16.8. The van der Waals surface area contributed by atoms with Gasteiger partial charge >= 0.3 is 0 Å². The Balaban J connectivity index is 0.000000174. The summed E-state index contributed by atoms with van der Waals surface area (Å²) >= 11 is 11.7. The molecule has 4 aromatic heterocycles. The van der Waals surface area contributed by atoms with Gasteiger partial charge in [-0.3, -0.25) is 28.3 Å². The largest absolute Gasteiger partial charge is 0.469 e. The van der Waals surface area contributed by atoms with E-state index in [1.54, 1.807) is 48.5 Å². The van der Waals surface area contributed by atoms with Gasteiger partial charge in [0.1, 0.15) is 31.5 Å². The zero-order valence-electron chi connectivity index (χ0n) is 29.8. The lowest BCUT2D eigenvalue weighted by Gasteiger charge is -2.24. The minimum Gasteiger partial charge on any atom is -0.469 e. The number of tetrazole rings is 2. The monoisotopic (exact) mass is 819 g/mol. The van der Waals surface area contributed by atoms with Gasteiger partial charge in [-0.15, -0.1) is 20.4 Å². The number of fused-ring (bicyclic) bond motifs is 2. The normalized spacial score (nSPS) is 14.4. The third kappa shape index (κ3) is 9.02. The number of anilines is 1. The molecule has 57 heavy (non-hydrogen) atoms. The number of aromatic nitrogens is 12. The van der Waals surface area contributed by atoms with E-state index in [4.69, 9.17) is 32.7 Å². The predicted molar refractivity (Wildman–Crippen MR) is 197 cm³/mol. The number of aliphatic hydroxyl groups excluding tert-OH is 2. The second-order valence-electron chi connectivity index (χ2n) is 12.7. The van der Waals surface area contributed by atoms with Crippen LogP contribution in [0.5, 0.6) is 11.8 Å². The van der Waals surface area contributed by atoms with E-state index in [0.717, 1.165) is 0 Å². The number of rotatable bonds is 10. The first kappa shape index (κ1) is 38.8. The fraction of sp³-hybridized carbons (Fsp3) is 0.294. The Morgan fingerprint density at radius 2 is 1.19 bits per heavy atom.